The minimum atomic E-state index is -0.377. The van der Waals surface area contributed by atoms with E-state index in [1.807, 2.05) is 48.5 Å². The van der Waals surface area contributed by atoms with Gasteiger partial charge in [0.15, 0.2) is 0 Å². The number of hydrogen-bond acceptors (Lipinski definition) is 8. The van der Waals surface area contributed by atoms with Crippen LogP contribution in [0.15, 0.2) is 105 Å². The second-order valence-corrected chi connectivity index (χ2v) is 8.33. The van der Waals surface area contributed by atoms with Crippen molar-refractivity contribution in [2.45, 2.75) is 19.6 Å². The fourth-order valence-electron chi connectivity index (χ4n) is 2.04. The Hall–Kier alpha value is -1.41. The van der Waals surface area contributed by atoms with Crippen LogP contribution < -0.4 is 22.9 Å². The summed E-state index contributed by atoms with van der Waals surface area (Å²) >= 11 is 15.8. The minimum absolute atomic E-state index is 0. The molecular formula is C24H26F2N4S4Zn2. The fraction of sp³-hybridized carbons (Fsp3) is 0. The van der Waals surface area contributed by atoms with Crippen molar-refractivity contribution in [2.24, 2.45) is 0 Å². The van der Waals surface area contributed by atoms with E-state index in [-0.39, 0.29) is 60.4 Å². The standard InChI is InChI=1S/2C6H6FNS.2C6H7NS.2Zn/c2*7-4-2-1-3-5(8)6(4)9;2*7-5-3-1-2-4-6(5)8;;/h2*1-3,9H,8H2;2*1-4,8H,7H2;;. The van der Waals surface area contributed by atoms with E-state index < -0.39 is 0 Å². The molecule has 0 bridgehead atoms. The molecule has 0 spiro atoms. The summed E-state index contributed by atoms with van der Waals surface area (Å²) in [5.74, 6) is -0.753. The molecule has 4 rings (SSSR count). The summed E-state index contributed by atoms with van der Waals surface area (Å²) in [5, 5.41) is 0. The molecule has 0 amide bonds. The molecule has 0 aromatic heterocycles. The minimum Gasteiger partial charge on any atom is -0.398 e. The van der Waals surface area contributed by atoms with Crippen molar-refractivity contribution < 1.29 is 47.7 Å². The number of hydrogen-bond donors (Lipinski definition) is 8. The largest absolute Gasteiger partial charge is 0.398 e. The first-order chi connectivity index (χ1) is 16.0. The van der Waals surface area contributed by atoms with Crippen molar-refractivity contribution in [3.05, 3.63) is 96.6 Å². The number of halogens is 2. The smallest absolute Gasteiger partial charge is 0.138 e. The number of nitrogen functional groups attached to an aromatic ring is 4. The van der Waals surface area contributed by atoms with E-state index in [0.717, 1.165) is 21.2 Å². The van der Waals surface area contributed by atoms with Crippen LogP contribution in [-0.4, -0.2) is 0 Å². The molecule has 0 unspecified atom stereocenters. The third kappa shape index (κ3) is 13.8. The monoisotopic (exact) mass is 664 g/mol. The van der Waals surface area contributed by atoms with Crippen molar-refractivity contribution in [1.82, 2.24) is 0 Å². The molecule has 0 saturated heterocycles. The van der Waals surface area contributed by atoms with E-state index >= 15 is 0 Å². The van der Waals surface area contributed by atoms with E-state index in [2.05, 4.69) is 50.5 Å². The zero-order valence-electron chi connectivity index (χ0n) is 19.4. The first-order valence-corrected chi connectivity index (χ1v) is 11.4. The van der Waals surface area contributed by atoms with Gasteiger partial charge in [-0.15, -0.1) is 50.5 Å². The number of benzene rings is 4. The normalized spacial score (nSPS) is 8.83. The first kappa shape index (κ1) is 36.7. The van der Waals surface area contributed by atoms with Crippen LogP contribution in [0.1, 0.15) is 0 Å². The van der Waals surface area contributed by atoms with Crippen LogP contribution in [0.4, 0.5) is 31.5 Å². The summed E-state index contributed by atoms with van der Waals surface area (Å²) in [6.45, 7) is 0. The van der Waals surface area contributed by atoms with Gasteiger partial charge in [0.1, 0.15) is 11.6 Å². The van der Waals surface area contributed by atoms with Crippen LogP contribution >= 0.6 is 50.5 Å². The molecule has 12 heteroatoms. The second-order valence-electron chi connectivity index (χ2n) is 6.47. The quantitative estimate of drug-likeness (QED) is 0.0623. The molecule has 8 N–H and O–H groups in total. The number of para-hydroxylation sites is 2. The van der Waals surface area contributed by atoms with Gasteiger partial charge in [-0.25, -0.2) is 8.78 Å². The van der Waals surface area contributed by atoms with E-state index in [1.165, 1.54) is 12.1 Å². The van der Waals surface area contributed by atoms with Gasteiger partial charge in [-0.3, -0.25) is 0 Å². The van der Waals surface area contributed by atoms with Gasteiger partial charge in [-0.2, -0.15) is 0 Å². The second kappa shape index (κ2) is 19.7. The molecule has 0 aliphatic rings. The molecule has 0 atom stereocenters. The van der Waals surface area contributed by atoms with Crippen LogP contribution in [0.3, 0.4) is 0 Å². The maximum atomic E-state index is 12.4. The molecule has 0 aliphatic carbocycles. The number of rotatable bonds is 0. The summed E-state index contributed by atoms with van der Waals surface area (Å²) in [4.78, 5) is 2.12. The third-order valence-corrected chi connectivity index (χ3v) is 5.67. The van der Waals surface area contributed by atoms with Gasteiger partial charge in [0.25, 0.3) is 0 Å². The van der Waals surface area contributed by atoms with Gasteiger partial charge in [-0.05, 0) is 48.5 Å². The third-order valence-electron chi connectivity index (χ3n) is 3.91. The topological polar surface area (TPSA) is 104 Å². The predicted molar refractivity (Wildman–Crippen MR) is 152 cm³/mol. The Morgan fingerprint density at radius 3 is 0.889 bits per heavy atom. The van der Waals surface area contributed by atoms with Crippen LogP contribution in [0.25, 0.3) is 0 Å². The zero-order valence-corrected chi connectivity index (χ0v) is 28.9. The van der Waals surface area contributed by atoms with Gasteiger partial charge >= 0.3 is 0 Å². The number of anilines is 4. The van der Waals surface area contributed by atoms with E-state index in [4.69, 9.17) is 22.9 Å². The van der Waals surface area contributed by atoms with E-state index in [1.54, 1.807) is 24.3 Å². The number of nitrogens with two attached hydrogens (primary N) is 4. The molecule has 4 nitrogen and oxygen atoms in total. The summed E-state index contributed by atoms with van der Waals surface area (Å²) in [7, 11) is 0. The Morgan fingerprint density at radius 2 is 0.694 bits per heavy atom. The molecule has 36 heavy (non-hydrogen) atoms. The molecule has 0 aliphatic heterocycles. The molecule has 4 aromatic rings. The van der Waals surface area contributed by atoms with E-state index in [0.29, 0.717) is 11.4 Å². The zero-order chi connectivity index (χ0) is 25.7. The first-order valence-electron chi connectivity index (χ1n) is 9.57. The average Bonchev–Trinajstić information content (AvgIpc) is 2.81. The Balaban J connectivity index is 0. The van der Waals surface area contributed by atoms with Crippen molar-refractivity contribution in [3.8, 4) is 0 Å². The molecule has 184 valence electrons. The van der Waals surface area contributed by atoms with E-state index in [9.17, 15) is 8.78 Å². The van der Waals surface area contributed by atoms with Crippen LogP contribution in [0.2, 0.25) is 0 Å². The van der Waals surface area contributed by atoms with Gasteiger partial charge in [0, 0.05) is 71.5 Å². The van der Waals surface area contributed by atoms with Crippen LogP contribution in [-0.2, 0) is 39.0 Å². The molecule has 4 aromatic carbocycles. The summed E-state index contributed by atoms with van der Waals surface area (Å²) in [6.07, 6.45) is 0. The summed E-state index contributed by atoms with van der Waals surface area (Å²) in [6, 6.07) is 23.9. The van der Waals surface area contributed by atoms with Gasteiger partial charge in [0.05, 0.1) is 9.79 Å². The molecular weight excluding hydrogens is 641 g/mol. The number of thiol groups is 4. The Kier molecular flexibility index (Phi) is 20.1. The van der Waals surface area contributed by atoms with Crippen molar-refractivity contribution in [2.75, 3.05) is 22.9 Å². The molecule has 0 radical (unpaired) electrons. The maximum absolute atomic E-state index is 12.4. The average molecular weight is 668 g/mol. The molecule has 0 heterocycles. The van der Waals surface area contributed by atoms with Crippen LogP contribution in [0, 0.1) is 11.6 Å². The van der Waals surface area contributed by atoms with Gasteiger partial charge < -0.3 is 22.9 Å². The predicted octanol–water partition coefficient (Wildman–Crippen LogP) is 6.50. The van der Waals surface area contributed by atoms with Gasteiger partial charge in [-0.1, -0.05) is 36.4 Å². The summed E-state index contributed by atoms with van der Waals surface area (Å²) in [5.41, 5.74) is 23.7. The molecule has 0 fully saturated rings. The van der Waals surface area contributed by atoms with Crippen molar-refractivity contribution in [1.29, 1.82) is 0 Å². The Labute approximate surface area is 258 Å². The summed E-state index contributed by atoms with van der Waals surface area (Å²) < 4.78 is 24.8. The van der Waals surface area contributed by atoms with Crippen LogP contribution in [0.5, 0.6) is 0 Å². The molecule has 0 saturated carbocycles. The SMILES string of the molecule is Nc1cccc(F)c1S.Nc1cccc(F)c1S.Nc1ccccc1S.Nc1ccccc1S.[Zn].[Zn]. The van der Waals surface area contributed by atoms with Gasteiger partial charge in [0.2, 0.25) is 0 Å². The maximum Gasteiger partial charge on any atom is 0.138 e. The van der Waals surface area contributed by atoms with Crippen molar-refractivity contribution >= 4 is 73.3 Å². The Morgan fingerprint density at radius 1 is 0.417 bits per heavy atom. The Bertz CT molecular complexity index is 1030. The van der Waals surface area contributed by atoms with Crippen molar-refractivity contribution in [3.63, 3.8) is 0 Å². The fourth-order valence-corrected chi connectivity index (χ4v) is 2.66.